The number of carbonyl (C=O) groups is 1. The number of aryl methyl sites for hydroxylation is 4. The van der Waals surface area contributed by atoms with Crippen molar-refractivity contribution in [3.63, 3.8) is 0 Å². The molecule has 31 heavy (non-hydrogen) atoms. The Morgan fingerprint density at radius 2 is 1.13 bits per heavy atom. The summed E-state index contributed by atoms with van der Waals surface area (Å²) in [7, 11) is -0.496. The average molecular weight is 429 g/mol. The number of carbonyl (C=O) groups excluding carboxylic acids is 1. The molecular weight excluding hydrogens is 395 g/mol. The van der Waals surface area contributed by atoms with Gasteiger partial charge in [0, 0.05) is 12.8 Å². The summed E-state index contributed by atoms with van der Waals surface area (Å²) in [5.41, 5.74) is 10.7. The zero-order valence-corrected chi connectivity index (χ0v) is 20.6. The van der Waals surface area contributed by atoms with E-state index in [2.05, 4.69) is 96.1 Å². The number of hydrogen-bond acceptors (Lipinski definition) is 1. The minimum atomic E-state index is -0.496. The zero-order valence-electron chi connectivity index (χ0n) is 19.7. The molecule has 1 heterocycles. The maximum Gasteiger partial charge on any atom is 0.134 e. The van der Waals surface area contributed by atoms with E-state index in [1.165, 1.54) is 49.8 Å². The van der Waals surface area contributed by atoms with Gasteiger partial charge >= 0.3 is 0 Å². The summed E-state index contributed by atoms with van der Waals surface area (Å²) in [6.07, 6.45) is 2.38. The van der Waals surface area contributed by atoms with Gasteiger partial charge in [-0.25, -0.2) is 0 Å². The molecule has 0 radical (unpaired) electrons. The minimum Gasteiger partial charge on any atom is -0.300 e. The Hall–Kier alpha value is -2.24. The third kappa shape index (κ3) is 4.01. The molecule has 1 aliphatic heterocycles. The third-order valence-electron chi connectivity index (χ3n) is 6.78. The third-order valence-corrected chi connectivity index (χ3v) is 10.1. The zero-order chi connectivity index (χ0) is 22.3. The number of benzene rings is 3. The van der Waals surface area contributed by atoms with Crippen molar-refractivity contribution in [3.05, 3.63) is 76.9 Å². The first-order chi connectivity index (χ1) is 14.7. The molecule has 1 aliphatic rings. The van der Waals surface area contributed by atoms with Gasteiger partial charge < -0.3 is 0 Å². The maximum absolute atomic E-state index is 12.4. The lowest BCUT2D eigenvalue weighted by Crippen LogP contribution is -2.34. The smallest absolute Gasteiger partial charge is 0.134 e. The second-order valence-corrected chi connectivity index (χ2v) is 12.6. The first kappa shape index (κ1) is 22.0. The van der Waals surface area contributed by atoms with E-state index in [1.54, 1.807) is 0 Å². The summed E-state index contributed by atoms with van der Waals surface area (Å²) >= 11 is 0. The highest BCUT2D eigenvalue weighted by atomic mass is 31.1. The molecule has 2 heteroatoms. The van der Waals surface area contributed by atoms with Crippen molar-refractivity contribution in [1.29, 1.82) is 0 Å². The van der Waals surface area contributed by atoms with Crippen LogP contribution in [0.1, 0.15) is 48.9 Å². The standard InChI is InChI=1S/C29H33OP/c1-19-10-7-11-20(2)26(19)24-14-9-15-25(27-21(3)12-8-13-22(27)4)28(24)31-17-16-23(30)18-29(31,5)6/h7-15H,16-18H2,1-6H3. The van der Waals surface area contributed by atoms with E-state index >= 15 is 0 Å². The van der Waals surface area contributed by atoms with E-state index in [0.717, 1.165) is 6.16 Å². The van der Waals surface area contributed by atoms with Crippen LogP contribution in [0.4, 0.5) is 0 Å². The quantitative estimate of drug-likeness (QED) is 0.395. The summed E-state index contributed by atoms with van der Waals surface area (Å²) in [5.74, 6) is 0.418. The molecule has 1 nitrogen and oxygen atoms in total. The monoisotopic (exact) mass is 428 g/mol. The van der Waals surface area contributed by atoms with Crippen molar-refractivity contribution in [3.8, 4) is 22.3 Å². The second-order valence-electron chi connectivity index (χ2n) is 9.66. The molecule has 1 saturated heterocycles. The molecule has 0 amide bonds. The highest BCUT2D eigenvalue weighted by molar-refractivity contribution is 7.68. The summed E-state index contributed by atoms with van der Waals surface area (Å²) in [6.45, 7) is 13.5. The molecule has 3 aromatic rings. The molecule has 3 aromatic carbocycles. The average Bonchev–Trinajstić information content (AvgIpc) is 2.68. The van der Waals surface area contributed by atoms with E-state index in [1.807, 2.05) is 0 Å². The topological polar surface area (TPSA) is 17.1 Å². The molecular formula is C29H33OP. The predicted octanol–water partition coefficient (Wildman–Crippen LogP) is 7.50. The van der Waals surface area contributed by atoms with E-state index in [0.29, 0.717) is 18.6 Å². The van der Waals surface area contributed by atoms with Crippen LogP contribution in [0.5, 0.6) is 0 Å². The summed E-state index contributed by atoms with van der Waals surface area (Å²) in [4.78, 5) is 12.4. The van der Waals surface area contributed by atoms with E-state index in [4.69, 9.17) is 0 Å². The van der Waals surface area contributed by atoms with Gasteiger partial charge in [-0.05, 0) is 88.8 Å². The number of ketones is 1. The summed E-state index contributed by atoms with van der Waals surface area (Å²) in [5, 5.41) is 1.49. The fourth-order valence-electron chi connectivity index (χ4n) is 5.34. The van der Waals surface area contributed by atoms with Crippen LogP contribution in [-0.2, 0) is 4.79 Å². The fraction of sp³-hybridized carbons (Fsp3) is 0.345. The van der Waals surface area contributed by atoms with Crippen molar-refractivity contribution < 1.29 is 4.79 Å². The molecule has 1 fully saturated rings. The highest BCUT2D eigenvalue weighted by Crippen LogP contribution is 2.57. The molecule has 0 bridgehead atoms. The van der Waals surface area contributed by atoms with Crippen LogP contribution in [0, 0.1) is 27.7 Å². The Bertz CT molecular complexity index is 1050. The molecule has 0 aromatic heterocycles. The van der Waals surface area contributed by atoms with E-state index in [-0.39, 0.29) is 5.16 Å². The summed E-state index contributed by atoms with van der Waals surface area (Å²) < 4.78 is 0. The Labute approximate surface area is 188 Å². The van der Waals surface area contributed by atoms with Gasteiger partial charge in [-0.15, -0.1) is 0 Å². The Morgan fingerprint density at radius 1 is 0.710 bits per heavy atom. The van der Waals surface area contributed by atoms with Crippen molar-refractivity contribution in [2.45, 2.75) is 59.5 Å². The lowest BCUT2D eigenvalue weighted by Gasteiger charge is -2.41. The Morgan fingerprint density at radius 3 is 1.55 bits per heavy atom. The van der Waals surface area contributed by atoms with Gasteiger partial charge in [0.15, 0.2) is 0 Å². The van der Waals surface area contributed by atoms with Crippen LogP contribution in [-0.4, -0.2) is 17.1 Å². The predicted molar refractivity (Wildman–Crippen MR) is 136 cm³/mol. The van der Waals surface area contributed by atoms with Crippen molar-refractivity contribution in [2.75, 3.05) is 6.16 Å². The molecule has 0 N–H and O–H groups in total. The lowest BCUT2D eigenvalue weighted by molar-refractivity contribution is -0.119. The molecule has 160 valence electrons. The van der Waals surface area contributed by atoms with Crippen LogP contribution < -0.4 is 5.30 Å². The van der Waals surface area contributed by atoms with Crippen LogP contribution >= 0.6 is 7.92 Å². The number of hydrogen-bond donors (Lipinski definition) is 0. The fourth-order valence-corrected chi connectivity index (χ4v) is 8.57. The number of rotatable bonds is 3. The molecule has 1 unspecified atom stereocenters. The van der Waals surface area contributed by atoms with E-state index in [9.17, 15) is 4.79 Å². The first-order valence-corrected chi connectivity index (χ1v) is 12.8. The molecule has 0 aliphatic carbocycles. The van der Waals surface area contributed by atoms with Gasteiger partial charge in [0.1, 0.15) is 5.78 Å². The first-order valence-electron chi connectivity index (χ1n) is 11.3. The SMILES string of the molecule is Cc1cccc(C)c1-c1cccc(-c2c(C)cccc2C)c1P1CCC(=O)CC1(C)C. The van der Waals surface area contributed by atoms with Gasteiger partial charge in [-0.2, -0.15) is 0 Å². The van der Waals surface area contributed by atoms with Crippen molar-refractivity contribution >= 4 is 19.0 Å². The Kier molecular flexibility index (Phi) is 5.93. The van der Waals surface area contributed by atoms with Crippen LogP contribution in [0.15, 0.2) is 54.6 Å². The van der Waals surface area contributed by atoms with Gasteiger partial charge in [0.25, 0.3) is 0 Å². The molecule has 0 spiro atoms. The van der Waals surface area contributed by atoms with Gasteiger partial charge in [-0.1, -0.05) is 76.4 Å². The Balaban J connectivity index is 2.08. The summed E-state index contributed by atoms with van der Waals surface area (Å²) in [6, 6.07) is 20.1. The molecule has 1 atom stereocenters. The van der Waals surface area contributed by atoms with Crippen LogP contribution in [0.25, 0.3) is 22.3 Å². The van der Waals surface area contributed by atoms with Gasteiger partial charge in [0.2, 0.25) is 0 Å². The molecule has 4 rings (SSSR count). The second kappa shape index (κ2) is 8.36. The van der Waals surface area contributed by atoms with Crippen LogP contribution in [0.3, 0.4) is 0 Å². The largest absolute Gasteiger partial charge is 0.300 e. The van der Waals surface area contributed by atoms with Gasteiger partial charge in [0.05, 0.1) is 0 Å². The van der Waals surface area contributed by atoms with Crippen LogP contribution in [0.2, 0.25) is 0 Å². The van der Waals surface area contributed by atoms with Gasteiger partial charge in [-0.3, -0.25) is 4.79 Å². The molecule has 0 saturated carbocycles. The van der Waals surface area contributed by atoms with Crippen molar-refractivity contribution in [2.24, 2.45) is 0 Å². The lowest BCUT2D eigenvalue weighted by atomic mass is 9.90. The van der Waals surface area contributed by atoms with Crippen molar-refractivity contribution in [1.82, 2.24) is 0 Å². The highest BCUT2D eigenvalue weighted by Gasteiger charge is 2.39. The van der Waals surface area contributed by atoms with E-state index < -0.39 is 7.92 Å². The minimum absolute atomic E-state index is 0.00268. The maximum atomic E-state index is 12.4. The normalized spacial score (nSPS) is 18.3. The number of Topliss-reactive ketones (excluding diaryl/α,β-unsaturated/α-hetero) is 1.